The Morgan fingerprint density at radius 2 is 1.83 bits per heavy atom. The van der Waals surface area contributed by atoms with E-state index in [-0.39, 0.29) is 17.3 Å². The number of methoxy groups -OCH3 is 1. The number of para-hydroxylation sites is 2. The number of carbonyl (C=O) groups excluding carboxylic acids is 1. The Bertz CT molecular complexity index is 1540. The van der Waals surface area contributed by atoms with Crippen molar-refractivity contribution in [3.63, 3.8) is 0 Å². The summed E-state index contributed by atoms with van der Waals surface area (Å²) in [5.74, 6) is -0.159. The van der Waals surface area contributed by atoms with Gasteiger partial charge in [0.1, 0.15) is 22.7 Å². The summed E-state index contributed by atoms with van der Waals surface area (Å²) in [6, 6.07) is 17.0. The zero-order chi connectivity index (χ0) is 24.6. The molecule has 2 aliphatic rings. The molecule has 0 atom stereocenters. The Balaban J connectivity index is 1.55. The highest BCUT2D eigenvalue weighted by molar-refractivity contribution is 6.06. The number of amides is 1. The molecule has 36 heavy (non-hydrogen) atoms. The summed E-state index contributed by atoms with van der Waals surface area (Å²) in [4.78, 5) is 20.6. The number of hydrogen-bond acceptors (Lipinski definition) is 5. The van der Waals surface area contributed by atoms with Crippen LogP contribution in [0.25, 0.3) is 11.0 Å². The number of benzene rings is 3. The number of carbonyl (C=O) groups is 1. The normalized spacial score (nSPS) is 15.1. The number of nitrogens with zero attached hydrogens (tertiary/aromatic N) is 2. The van der Waals surface area contributed by atoms with Crippen LogP contribution in [0.15, 0.2) is 70.1 Å². The van der Waals surface area contributed by atoms with Crippen molar-refractivity contribution < 1.29 is 18.3 Å². The van der Waals surface area contributed by atoms with Gasteiger partial charge in [0.15, 0.2) is 0 Å². The Morgan fingerprint density at radius 3 is 2.64 bits per heavy atom. The molecule has 7 heteroatoms. The first-order valence-corrected chi connectivity index (χ1v) is 12.2. The van der Waals surface area contributed by atoms with E-state index in [1.54, 1.807) is 31.4 Å². The molecule has 1 N–H and O–H groups in total. The molecule has 1 aromatic heterocycles. The van der Waals surface area contributed by atoms with Gasteiger partial charge >= 0.3 is 0 Å². The fourth-order valence-electron chi connectivity index (χ4n) is 5.27. The van der Waals surface area contributed by atoms with Crippen LogP contribution >= 0.6 is 0 Å². The molecule has 0 unspecified atom stereocenters. The molecule has 0 saturated carbocycles. The second kappa shape index (κ2) is 9.15. The van der Waals surface area contributed by atoms with Crippen molar-refractivity contribution in [2.75, 3.05) is 30.4 Å². The van der Waals surface area contributed by atoms with Gasteiger partial charge in [-0.25, -0.2) is 9.38 Å². The molecule has 2 aliphatic heterocycles. The summed E-state index contributed by atoms with van der Waals surface area (Å²) in [6.45, 7) is 2.11. The zero-order valence-electron chi connectivity index (χ0n) is 20.0. The predicted molar refractivity (Wildman–Crippen MR) is 138 cm³/mol. The number of halogens is 1. The van der Waals surface area contributed by atoms with Gasteiger partial charge in [0.2, 0.25) is 5.55 Å². The van der Waals surface area contributed by atoms with E-state index in [1.807, 2.05) is 18.2 Å². The van der Waals surface area contributed by atoms with Crippen molar-refractivity contribution in [3.05, 3.63) is 88.7 Å². The van der Waals surface area contributed by atoms with Crippen LogP contribution in [0.3, 0.4) is 0 Å². The lowest BCUT2D eigenvalue weighted by atomic mass is 9.90. The SMILES string of the molecule is COc1ccccc1NC(=O)c1cc2cc3c4c(c2oc1=Nc1ccc(F)cc1)CCCN4CCC3. The van der Waals surface area contributed by atoms with Gasteiger partial charge in [-0.2, -0.15) is 0 Å². The maximum atomic E-state index is 13.5. The summed E-state index contributed by atoms with van der Waals surface area (Å²) < 4.78 is 25.3. The van der Waals surface area contributed by atoms with E-state index in [1.165, 1.54) is 28.9 Å². The summed E-state index contributed by atoms with van der Waals surface area (Å²) in [7, 11) is 1.56. The van der Waals surface area contributed by atoms with Crippen molar-refractivity contribution in [3.8, 4) is 5.75 Å². The van der Waals surface area contributed by atoms with E-state index in [9.17, 15) is 9.18 Å². The van der Waals surface area contributed by atoms with Gasteiger partial charge < -0.3 is 19.4 Å². The van der Waals surface area contributed by atoms with Gasteiger partial charge in [-0.15, -0.1) is 0 Å². The molecule has 6 nitrogen and oxygen atoms in total. The number of hydrogen-bond donors (Lipinski definition) is 1. The molecule has 6 rings (SSSR count). The standard InChI is InChI=1S/C29H26FN3O3/c1-35-25-9-3-2-8-24(25)32-28(34)23-17-19-16-18-6-4-14-33-15-5-7-22(26(18)33)27(19)36-29(23)31-21-12-10-20(30)11-13-21/h2-3,8-13,16-17H,4-7,14-15H2,1H3,(H,32,34). The third-order valence-electron chi connectivity index (χ3n) is 6.89. The van der Waals surface area contributed by atoms with Gasteiger partial charge in [0, 0.05) is 29.7 Å². The largest absolute Gasteiger partial charge is 0.495 e. The lowest BCUT2D eigenvalue weighted by molar-refractivity contribution is 0.102. The summed E-state index contributed by atoms with van der Waals surface area (Å²) in [5.41, 5.74) is 6.06. The van der Waals surface area contributed by atoms with Crippen LogP contribution < -0.4 is 20.5 Å². The molecular weight excluding hydrogens is 457 g/mol. The third kappa shape index (κ3) is 4.00. The van der Waals surface area contributed by atoms with E-state index < -0.39 is 0 Å². The number of rotatable bonds is 4. The van der Waals surface area contributed by atoms with Crippen LogP contribution in [0.1, 0.15) is 34.3 Å². The molecule has 3 aromatic carbocycles. The molecule has 1 amide bonds. The first-order chi connectivity index (χ1) is 17.6. The minimum absolute atomic E-state index is 0.186. The Hall–Kier alpha value is -4.13. The van der Waals surface area contributed by atoms with Crippen molar-refractivity contribution in [2.45, 2.75) is 25.7 Å². The van der Waals surface area contributed by atoms with Gasteiger partial charge in [-0.05, 0) is 79.8 Å². The average molecular weight is 484 g/mol. The quantitative estimate of drug-likeness (QED) is 0.401. The third-order valence-corrected chi connectivity index (χ3v) is 6.89. The van der Waals surface area contributed by atoms with Gasteiger partial charge in [0.25, 0.3) is 5.91 Å². The molecule has 182 valence electrons. The zero-order valence-corrected chi connectivity index (χ0v) is 20.0. The first-order valence-electron chi connectivity index (χ1n) is 12.2. The lowest BCUT2D eigenvalue weighted by Gasteiger charge is -2.37. The van der Waals surface area contributed by atoms with E-state index in [4.69, 9.17) is 9.15 Å². The van der Waals surface area contributed by atoms with Gasteiger partial charge in [-0.1, -0.05) is 12.1 Å². The summed E-state index contributed by atoms with van der Waals surface area (Å²) in [6.07, 6.45) is 4.11. The molecule has 0 saturated heterocycles. The van der Waals surface area contributed by atoms with Crippen LogP contribution in [-0.2, 0) is 12.8 Å². The Kier molecular flexibility index (Phi) is 5.68. The second-order valence-corrected chi connectivity index (χ2v) is 9.18. The highest BCUT2D eigenvalue weighted by atomic mass is 19.1. The van der Waals surface area contributed by atoms with E-state index in [0.717, 1.165) is 49.7 Å². The summed E-state index contributed by atoms with van der Waals surface area (Å²) in [5, 5.41) is 3.82. The van der Waals surface area contributed by atoms with Crippen LogP contribution in [0.4, 0.5) is 21.5 Å². The van der Waals surface area contributed by atoms with Crippen LogP contribution in [0, 0.1) is 5.82 Å². The number of anilines is 2. The highest BCUT2D eigenvalue weighted by Crippen LogP contribution is 2.39. The maximum Gasteiger partial charge on any atom is 0.261 e. The van der Waals surface area contributed by atoms with Crippen LogP contribution in [0.5, 0.6) is 5.75 Å². The minimum Gasteiger partial charge on any atom is -0.495 e. The Labute approximate surface area is 208 Å². The van der Waals surface area contributed by atoms with E-state index >= 15 is 0 Å². The average Bonchev–Trinajstić information content (AvgIpc) is 2.90. The molecule has 0 aliphatic carbocycles. The number of nitrogens with one attached hydrogen (secondary N) is 1. The molecule has 0 bridgehead atoms. The van der Waals surface area contributed by atoms with Crippen LogP contribution in [0.2, 0.25) is 0 Å². The fourth-order valence-corrected chi connectivity index (χ4v) is 5.27. The molecule has 0 spiro atoms. The number of fused-ring (bicyclic) bond motifs is 2. The lowest BCUT2D eigenvalue weighted by Crippen LogP contribution is -2.34. The Morgan fingerprint density at radius 1 is 1.06 bits per heavy atom. The van der Waals surface area contributed by atoms with E-state index in [0.29, 0.717) is 22.7 Å². The first kappa shape index (κ1) is 22.3. The predicted octanol–water partition coefficient (Wildman–Crippen LogP) is 5.76. The topological polar surface area (TPSA) is 67.1 Å². The van der Waals surface area contributed by atoms with Gasteiger partial charge in [-0.3, -0.25) is 4.79 Å². The summed E-state index contributed by atoms with van der Waals surface area (Å²) >= 11 is 0. The molecular formula is C29H26FN3O3. The smallest absolute Gasteiger partial charge is 0.261 e. The number of aryl methyl sites for hydroxylation is 2. The van der Waals surface area contributed by atoms with Gasteiger partial charge in [0.05, 0.1) is 18.5 Å². The van der Waals surface area contributed by atoms with Crippen molar-refractivity contribution in [1.29, 1.82) is 0 Å². The second-order valence-electron chi connectivity index (χ2n) is 9.18. The van der Waals surface area contributed by atoms with Crippen molar-refractivity contribution in [1.82, 2.24) is 0 Å². The van der Waals surface area contributed by atoms with Crippen molar-refractivity contribution in [2.24, 2.45) is 4.99 Å². The van der Waals surface area contributed by atoms with Crippen molar-refractivity contribution >= 4 is 33.9 Å². The minimum atomic E-state index is -0.362. The monoisotopic (exact) mass is 483 g/mol. The van der Waals surface area contributed by atoms with E-state index in [2.05, 4.69) is 21.3 Å². The number of ether oxygens (including phenoxy) is 1. The fraction of sp³-hybridized carbons (Fsp3) is 0.241. The maximum absolute atomic E-state index is 13.5. The van der Waals surface area contributed by atoms with Crippen LogP contribution in [-0.4, -0.2) is 26.1 Å². The molecule has 3 heterocycles. The molecule has 0 fully saturated rings. The molecule has 4 aromatic rings. The highest BCUT2D eigenvalue weighted by Gasteiger charge is 2.27. The molecule has 0 radical (unpaired) electrons.